The third-order valence-corrected chi connectivity index (χ3v) is 5.02. The summed E-state index contributed by atoms with van der Waals surface area (Å²) in [6.45, 7) is 6.78. The maximum Gasteiger partial charge on any atom is 0.0415 e. The Morgan fingerprint density at radius 3 is 2.95 bits per heavy atom. The summed E-state index contributed by atoms with van der Waals surface area (Å²) in [6.07, 6.45) is 1.22. The van der Waals surface area contributed by atoms with E-state index in [1.54, 1.807) is 0 Å². The molecule has 0 fully saturated rings. The van der Waals surface area contributed by atoms with Crippen LogP contribution in [0.5, 0.6) is 0 Å². The number of hydrogen-bond donors (Lipinski definition) is 1. The summed E-state index contributed by atoms with van der Waals surface area (Å²) < 4.78 is 0. The molecular weight excluding hydrogens is 252 g/mol. The highest BCUT2D eigenvalue weighted by Crippen LogP contribution is 2.31. The molecule has 1 N–H and O–H groups in total. The molecule has 0 aromatic heterocycles. The lowest BCUT2D eigenvalue weighted by Gasteiger charge is -2.27. The minimum absolute atomic E-state index is 0.541. The summed E-state index contributed by atoms with van der Waals surface area (Å²) >= 11 is 2.04. The first-order chi connectivity index (χ1) is 9.18. The number of benzene rings is 1. The number of nitrogens with zero attached hydrogens (tertiary/aromatic N) is 1. The molecule has 3 heteroatoms. The number of nitrogens with one attached hydrogen (secondary N) is 1. The van der Waals surface area contributed by atoms with E-state index < -0.39 is 0 Å². The Bertz CT molecular complexity index is 392. The molecule has 1 atom stereocenters. The van der Waals surface area contributed by atoms with E-state index in [1.165, 1.54) is 35.6 Å². The summed E-state index contributed by atoms with van der Waals surface area (Å²) in [4.78, 5) is 2.41. The van der Waals surface area contributed by atoms with Gasteiger partial charge in [-0.2, -0.15) is 11.8 Å². The van der Waals surface area contributed by atoms with E-state index in [0.29, 0.717) is 12.1 Å². The first kappa shape index (κ1) is 14.9. The second kappa shape index (κ2) is 7.32. The highest BCUT2D eigenvalue weighted by atomic mass is 32.2. The lowest BCUT2D eigenvalue weighted by atomic mass is 10.0. The van der Waals surface area contributed by atoms with E-state index in [0.717, 1.165) is 6.54 Å². The fourth-order valence-corrected chi connectivity index (χ4v) is 3.55. The molecule has 2 rings (SSSR count). The number of hydrogen-bond acceptors (Lipinski definition) is 3. The second-order valence-electron chi connectivity index (χ2n) is 5.65. The number of thioether (sulfide) groups is 1. The van der Waals surface area contributed by atoms with Crippen LogP contribution in [0.15, 0.2) is 24.3 Å². The summed E-state index contributed by atoms with van der Waals surface area (Å²) in [5.74, 6) is 2.38. The van der Waals surface area contributed by atoms with Crippen LogP contribution in [0.4, 0.5) is 0 Å². The van der Waals surface area contributed by atoms with Crippen LogP contribution < -0.4 is 5.32 Å². The molecule has 1 aliphatic heterocycles. The molecule has 1 aliphatic rings. The topological polar surface area (TPSA) is 15.3 Å². The summed E-state index contributed by atoms with van der Waals surface area (Å²) in [6, 6.07) is 10.1. The van der Waals surface area contributed by atoms with Crippen molar-refractivity contribution in [2.45, 2.75) is 38.1 Å². The van der Waals surface area contributed by atoms with Crippen molar-refractivity contribution < 1.29 is 0 Å². The van der Waals surface area contributed by atoms with Gasteiger partial charge in [0, 0.05) is 23.6 Å². The van der Waals surface area contributed by atoms with Crippen LogP contribution in [-0.2, 0) is 5.75 Å². The van der Waals surface area contributed by atoms with Crippen LogP contribution in [0.1, 0.15) is 37.4 Å². The lowest BCUT2D eigenvalue weighted by Crippen LogP contribution is -2.32. The van der Waals surface area contributed by atoms with Crippen LogP contribution in [0.3, 0.4) is 0 Å². The molecule has 106 valence electrons. The van der Waals surface area contributed by atoms with E-state index >= 15 is 0 Å². The first-order valence-electron chi connectivity index (χ1n) is 7.27. The summed E-state index contributed by atoms with van der Waals surface area (Å²) in [5.41, 5.74) is 3.02. The molecule has 1 aromatic carbocycles. The van der Waals surface area contributed by atoms with Gasteiger partial charge in [0.25, 0.3) is 0 Å². The van der Waals surface area contributed by atoms with Gasteiger partial charge in [-0.15, -0.1) is 0 Å². The zero-order valence-corrected chi connectivity index (χ0v) is 13.2. The van der Waals surface area contributed by atoms with Crippen LogP contribution in [0.2, 0.25) is 0 Å². The van der Waals surface area contributed by atoms with Crippen molar-refractivity contribution in [3.05, 3.63) is 35.4 Å². The second-order valence-corrected chi connectivity index (χ2v) is 6.68. The monoisotopic (exact) mass is 278 g/mol. The Balaban J connectivity index is 1.78. The Kier molecular flexibility index (Phi) is 5.74. The number of fused-ring (bicyclic) bond motifs is 1. The van der Waals surface area contributed by atoms with Crippen LogP contribution >= 0.6 is 11.8 Å². The molecule has 0 radical (unpaired) electrons. The third-order valence-electron chi connectivity index (χ3n) is 3.93. The van der Waals surface area contributed by atoms with E-state index in [2.05, 4.69) is 55.4 Å². The fraction of sp³-hybridized carbons (Fsp3) is 0.625. The van der Waals surface area contributed by atoms with Gasteiger partial charge in [-0.3, -0.25) is 0 Å². The zero-order valence-electron chi connectivity index (χ0n) is 12.4. The average Bonchev–Trinajstić information content (AvgIpc) is 2.43. The summed E-state index contributed by atoms with van der Waals surface area (Å²) in [7, 11) is 2.20. The minimum atomic E-state index is 0.541. The maximum absolute atomic E-state index is 3.72. The average molecular weight is 278 g/mol. The van der Waals surface area contributed by atoms with Gasteiger partial charge in [-0.1, -0.05) is 24.3 Å². The Hall–Kier alpha value is -0.510. The van der Waals surface area contributed by atoms with Gasteiger partial charge in [0.15, 0.2) is 0 Å². The fourth-order valence-electron chi connectivity index (χ4n) is 2.41. The minimum Gasteiger partial charge on any atom is -0.309 e. The van der Waals surface area contributed by atoms with E-state index in [4.69, 9.17) is 0 Å². The molecule has 1 heterocycles. The van der Waals surface area contributed by atoms with Crippen molar-refractivity contribution in [2.75, 3.05) is 25.9 Å². The van der Waals surface area contributed by atoms with Crippen molar-refractivity contribution in [2.24, 2.45) is 0 Å². The molecule has 19 heavy (non-hydrogen) atoms. The van der Waals surface area contributed by atoms with Gasteiger partial charge in [-0.05, 0) is 51.5 Å². The van der Waals surface area contributed by atoms with Crippen LogP contribution in [0.25, 0.3) is 0 Å². The van der Waals surface area contributed by atoms with E-state index in [-0.39, 0.29) is 0 Å². The molecule has 0 aliphatic carbocycles. The predicted molar refractivity (Wildman–Crippen MR) is 85.7 cm³/mol. The van der Waals surface area contributed by atoms with E-state index in [9.17, 15) is 0 Å². The highest BCUT2D eigenvalue weighted by Gasteiger charge is 2.19. The number of rotatable bonds is 6. The van der Waals surface area contributed by atoms with Gasteiger partial charge in [0.05, 0.1) is 0 Å². The van der Waals surface area contributed by atoms with Crippen molar-refractivity contribution in [1.82, 2.24) is 10.2 Å². The Labute approximate surface area is 122 Å². The van der Waals surface area contributed by atoms with Gasteiger partial charge in [0.2, 0.25) is 0 Å². The van der Waals surface area contributed by atoms with Crippen LogP contribution in [-0.4, -0.2) is 36.8 Å². The maximum atomic E-state index is 3.72. The quantitative estimate of drug-likeness (QED) is 0.804. The Morgan fingerprint density at radius 1 is 1.37 bits per heavy atom. The molecule has 0 amide bonds. The lowest BCUT2D eigenvalue weighted by molar-refractivity contribution is 0.268. The molecule has 1 unspecified atom stereocenters. The highest BCUT2D eigenvalue weighted by molar-refractivity contribution is 7.98. The molecule has 2 nitrogen and oxygen atoms in total. The third kappa shape index (κ3) is 4.23. The molecule has 1 aromatic rings. The predicted octanol–water partition coefficient (Wildman–Crippen LogP) is 3.29. The summed E-state index contributed by atoms with van der Waals surface area (Å²) in [5, 5.41) is 3.72. The zero-order chi connectivity index (χ0) is 13.7. The standard InChI is InChI=1S/C16H26N2S/c1-13(2)18(3)10-6-9-17-16-12-19-11-14-7-4-5-8-15(14)16/h4-5,7-8,13,16-17H,6,9-12H2,1-3H3. The first-order valence-corrected chi connectivity index (χ1v) is 8.43. The van der Waals surface area contributed by atoms with Crippen molar-refractivity contribution >= 4 is 11.8 Å². The van der Waals surface area contributed by atoms with Gasteiger partial charge < -0.3 is 10.2 Å². The molecule has 0 saturated carbocycles. The Morgan fingerprint density at radius 2 is 2.16 bits per heavy atom. The molecule has 0 saturated heterocycles. The van der Waals surface area contributed by atoms with Crippen molar-refractivity contribution in [3.63, 3.8) is 0 Å². The molecular formula is C16H26N2S. The van der Waals surface area contributed by atoms with Crippen molar-refractivity contribution in [3.8, 4) is 0 Å². The van der Waals surface area contributed by atoms with Crippen LogP contribution in [0, 0.1) is 0 Å². The smallest absolute Gasteiger partial charge is 0.0415 e. The van der Waals surface area contributed by atoms with Gasteiger partial charge in [-0.25, -0.2) is 0 Å². The van der Waals surface area contributed by atoms with E-state index in [1.807, 2.05) is 11.8 Å². The van der Waals surface area contributed by atoms with Gasteiger partial charge in [0.1, 0.15) is 0 Å². The normalized spacial score (nSPS) is 18.9. The largest absolute Gasteiger partial charge is 0.309 e. The van der Waals surface area contributed by atoms with Gasteiger partial charge >= 0.3 is 0 Å². The van der Waals surface area contributed by atoms with Crippen molar-refractivity contribution in [1.29, 1.82) is 0 Å². The SMILES string of the molecule is CC(C)N(C)CCCNC1CSCc2ccccc21. The molecule has 0 bridgehead atoms. The molecule has 0 spiro atoms.